The number of aromatic nitrogens is 3. The van der Waals surface area contributed by atoms with Crippen molar-refractivity contribution in [3.63, 3.8) is 0 Å². The average molecular weight is 273 g/mol. The summed E-state index contributed by atoms with van der Waals surface area (Å²) in [6, 6.07) is -0.304. The Kier molecular flexibility index (Phi) is 4.07. The quantitative estimate of drug-likeness (QED) is 0.677. The number of carboxylic acids is 1. The molecule has 3 N–H and O–H groups in total. The minimum absolute atomic E-state index is 0.160. The van der Waals surface area contributed by atoms with Gasteiger partial charge in [-0.3, -0.25) is 9.36 Å². The number of hydrogen-bond acceptors (Lipinski definition) is 5. The number of aliphatic hydroxyl groups is 1. The summed E-state index contributed by atoms with van der Waals surface area (Å²) in [6.07, 6.45) is 2.69. The number of aliphatic hydroxyl groups excluding tert-OH is 1. The van der Waals surface area contributed by atoms with E-state index in [9.17, 15) is 14.7 Å². The molecular weight excluding hydrogens is 258 g/mol. The molecule has 1 aromatic rings. The Balaban J connectivity index is 2.22. The first-order chi connectivity index (χ1) is 8.59. The number of carboxylic acid groups (broad SMARTS) is 1. The van der Waals surface area contributed by atoms with Crippen LogP contribution in [0.25, 0.3) is 0 Å². The molecule has 2 unspecified atom stereocenters. The van der Waals surface area contributed by atoms with E-state index in [2.05, 4.69) is 10.2 Å². The van der Waals surface area contributed by atoms with Gasteiger partial charge in [0.2, 0.25) is 0 Å². The molecule has 2 rings (SSSR count). The molecule has 1 fully saturated rings. The Morgan fingerprint density at radius 3 is 2.89 bits per heavy atom. The van der Waals surface area contributed by atoms with Gasteiger partial charge in [-0.15, -0.1) is 5.10 Å². The van der Waals surface area contributed by atoms with Crippen LogP contribution in [0.1, 0.15) is 31.7 Å². The van der Waals surface area contributed by atoms with E-state index in [0.717, 1.165) is 24.6 Å². The van der Waals surface area contributed by atoms with Gasteiger partial charge < -0.3 is 10.2 Å². The number of nitrogens with one attached hydrogen (secondary N) is 1. The van der Waals surface area contributed by atoms with Gasteiger partial charge in [-0.2, -0.15) is 0 Å². The van der Waals surface area contributed by atoms with Crippen LogP contribution in [0.4, 0.5) is 0 Å². The second-order valence-corrected chi connectivity index (χ2v) is 5.23. The van der Waals surface area contributed by atoms with Crippen molar-refractivity contribution in [1.82, 2.24) is 14.8 Å². The largest absolute Gasteiger partial charge is 0.481 e. The molecule has 0 radical (unpaired) electrons. The zero-order valence-electron chi connectivity index (χ0n) is 9.70. The lowest BCUT2D eigenvalue weighted by molar-refractivity contribution is -0.133. The number of aliphatic carboxylic acids is 1. The third kappa shape index (κ3) is 2.75. The maximum Gasteiger partial charge on any atom is 0.344 e. The van der Waals surface area contributed by atoms with Gasteiger partial charge in [0.15, 0.2) is 5.16 Å². The number of rotatable bonds is 4. The van der Waals surface area contributed by atoms with Crippen molar-refractivity contribution in [1.29, 1.82) is 0 Å². The highest BCUT2D eigenvalue weighted by Crippen LogP contribution is 2.30. The van der Waals surface area contributed by atoms with Gasteiger partial charge >= 0.3 is 11.7 Å². The maximum absolute atomic E-state index is 11.7. The first-order valence-corrected chi connectivity index (χ1v) is 6.77. The maximum atomic E-state index is 11.7. The van der Waals surface area contributed by atoms with E-state index >= 15 is 0 Å². The topological polar surface area (TPSA) is 108 Å². The predicted octanol–water partition coefficient (Wildman–Crippen LogP) is 0.224. The summed E-state index contributed by atoms with van der Waals surface area (Å²) in [4.78, 5) is 22.2. The van der Waals surface area contributed by atoms with Crippen LogP contribution < -0.4 is 5.69 Å². The van der Waals surface area contributed by atoms with Crippen molar-refractivity contribution in [3.8, 4) is 0 Å². The van der Waals surface area contributed by atoms with E-state index in [0.29, 0.717) is 18.0 Å². The van der Waals surface area contributed by atoms with Gasteiger partial charge in [0, 0.05) is 0 Å². The van der Waals surface area contributed by atoms with Gasteiger partial charge in [0.25, 0.3) is 0 Å². The highest BCUT2D eigenvalue weighted by atomic mass is 32.2. The van der Waals surface area contributed by atoms with Crippen LogP contribution in [0.15, 0.2) is 9.95 Å². The summed E-state index contributed by atoms with van der Waals surface area (Å²) < 4.78 is 1.39. The van der Waals surface area contributed by atoms with Crippen LogP contribution in [0.3, 0.4) is 0 Å². The fraction of sp³-hybridized carbons (Fsp3) is 0.700. The van der Waals surface area contributed by atoms with E-state index in [1.165, 1.54) is 4.57 Å². The molecule has 1 heterocycles. The van der Waals surface area contributed by atoms with Gasteiger partial charge in [-0.05, 0) is 12.8 Å². The minimum atomic E-state index is -0.966. The fourth-order valence-electron chi connectivity index (χ4n) is 2.20. The molecule has 0 aliphatic heterocycles. The van der Waals surface area contributed by atoms with Crippen LogP contribution >= 0.6 is 11.8 Å². The zero-order valence-corrected chi connectivity index (χ0v) is 10.5. The summed E-state index contributed by atoms with van der Waals surface area (Å²) in [6.45, 7) is 0. The van der Waals surface area contributed by atoms with Crippen LogP contribution in [0, 0.1) is 0 Å². The Morgan fingerprint density at radius 2 is 2.22 bits per heavy atom. The smallest absolute Gasteiger partial charge is 0.344 e. The van der Waals surface area contributed by atoms with Crippen molar-refractivity contribution in [3.05, 3.63) is 10.5 Å². The SMILES string of the molecule is O=C(O)CSc1n[nH]c(=O)n1C1CCCCC1O. The van der Waals surface area contributed by atoms with Gasteiger partial charge in [-0.25, -0.2) is 9.89 Å². The predicted molar refractivity (Wildman–Crippen MR) is 64.7 cm³/mol. The highest BCUT2D eigenvalue weighted by molar-refractivity contribution is 7.99. The Bertz CT molecular complexity index is 484. The normalized spacial score (nSPS) is 24.1. The molecule has 1 saturated carbocycles. The lowest BCUT2D eigenvalue weighted by atomic mass is 9.92. The first kappa shape index (κ1) is 13.2. The van der Waals surface area contributed by atoms with Crippen molar-refractivity contribution in [2.24, 2.45) is 0 Å². The van der Waals surface area contributed by atoms with Gasteiger partial charge in [-0.1, -0.05) is 24.6 Å². The molecule has 1 aliphatic carbocycles. The van der Waals surface area contributed by atoms with Crippen molar-refractivity contribution >= 4 is 17.7 Å². The molecule has 1 aromatic heterocycles. The van der Waals surface area contributed by atoms with E-state index in [1.807, 2.05) is 0 Å². The van der Waals surface area contributed by atoms with Crippen LogP contribution in [-0.2, 0) is 4.79 Å². The van der Waals surface area contributed by atoms with E-state index in [1.54, 1.807) is 0 Å². The molecule has 8 heteroatoms. The summed E-state index contributed by atoms with van der Waals surface area (Å²) >= 11 is 0.982. The summed E-state index contributed by atoms with van der Waals surface area (Å²) in [7, 11) is 0. The number of nitrogens with zero attached hydrogens (tertiary/aromatic N) is 2. The average Bonchev–Trinajstić information content (AvgIpc) is 2.69. The molecule has 0 spiro atoms. The van der Waals surface area contributed by atoms with E-state index in [-0.39, 0.29) is 11.8 Å². The summed E-state index contributed by atoms with van der Waals surface area (Å²) in [5, 5.41) is 25.0. The number of aromatic amines is 1. The monoisotopic (exact) mass is 273 g/mol. The Hall–Kier alpha value is -1.28. The first-order valence-electron chi connectivity index (χ1n) is 5.79. The number of H-pyrrole nitrogens is 1. The number of hydrogen-bond donors (Lipinski definition) is 3. The van der Waals surface area contributed by atoms with E-state index in [4.69, 9.17) is 5.11 Å². The van der Waals surface area contributed by atoms with Gasteiger partial charge in [0.05, 0.1) is 17.9 Å². The fourth-order valence-corrected chi connectivity index (χ4v) is 2.92. The van der Waals surface area contributed by atoms with Crippen LogP contribution in [-0.4, -0.2) is 42.8 Å². The van der Waals surface area contributed by atoms with E-state index < -0.39 is 17.8 Å². The molecule has 7 nitrogen and oxygen atoms in total. The molecule has 0 saturated heterocycles. The van der Waals surface area contributed by atoms with Crippen molar-refractivity contribution in [2.75, 3.05) is 5.75 Å². The van der Waals surface area contributed by atoms with Crippen molar-refractivity contribution < 1.29 is 15.0 Å². The molecule has 1 aliphatic rings. The van der Waals surface area contributed by atoms with Gasteiger partial charge in [0.1, 0.15) is 0 Å². The molecule has 100 valence electrons. The Morgan fingerprint density at radius 1 is 1.50 bits per heavy atom. The van der Waals surface area contributed by atoms with Crippen LogP contribution in [0.2, 0.25) is 0 Å². The highest BCUT2D eigenvalue weighted by Gasteiger charge is 2.28. The lowest BCUT2D eigenvalue weighted by Crippen LogP contribution is -2.34. The van der Waals surface area contributed by atoms with Crippen LogP contribution in [0.5, 0.6) is 0 Å². The third-order valence-corrected chi connectivity index (χ3v) is 3.96. The lowest BCUT2D eigenvalue weighted by Gasteiger charge is -2.28. The molecular formula is C10H15N3O4S. The molecule has 18 heavy (non-hydrogen) atoms. The van der Waals surface area contributed by atoms with Crippen molar-refractivity contribution in [2.45, 2.75) is 43.0 Å². The number of thioether (sulfide) groups is 1. The molecule has 0 aromatic carbocycles. The summed E-state index contributed by atoms with van der Waals surface area (Å²) in [5.74, 6) is -1.13. The third-order valence-electron chi connectivity index (χ3n) is 3.02. The Labute approximate surface area is 107 Å². The molecule has 0 amide bonds. The minimum Gasteiger partial charge on any atom is -0.481 e. The molecule has 2 atom stereocenters. The molecule has 0 bridgehead atoms. The zero-order chi connectivity index (χ0) is 13.1. The second-order valence-electron chi connectivity index (χ2n) is 4.28. The number of carbonyl (C=O) groups is 1. The summed E-state index contributed by atoms with van der Waals surface area (Å²) in [5.41, 5.74) is -0.395. The second kappa shape index (κ2) is 5.57. The standard InChI is InChI=1S/C10H15N3O4S/c14-7-4-2-1-3-6(7)13-9(17)11-12-10(13)18-5-8(15)16/h6-7,14H,1-5H2,(H,11,17)(H,15,16).